The summed E-state index contributed by atoms with van der Waals surface area (Å²) in [5.74, 6) is -0.965. The van der Waals surface area contributed by atoms with Gasteiger partial charge in [0.2, 0.25) is 0 Å². The van der Waals surface area contributed by atoms with E-state index >= 15 is 0 Å². The summed E-state index contributed by atoms with van der Waals surface area (Å²) < 4.78 is 48.8. The number of anilines is 1. The van der Waals surface area contributed by atoms with Crippen molar-refractivity contribution in [2.45, 2.75) is 25.3 Å². The standard InChI is InChI=1S/C25H24FN3O4S2/c1-16-14-17(2)23-22(15-16)29(12-13-33-3)25(34-23)27-24(30)18-4-8-20(9-5-18)28-35(31,32)21-10-6-19(26)7-11-21/h4-11,14-15,28H,12-13H2,1-3H3. The largest absolute Gasteiger partial charge is 0.383 e. The van der Waals surface area contributed by atoms with Gasteiger partial charge in [-0.25, -0.2) is 12.8 Å². The van der Waals surface area contributed by atoms with Crippen molar-refractivity contribution in [1.29, 1.82) is 0 Å². The smallest absolute Gasteiger partial charge is 0.279 e. The number of amides is 1. The fourth-order valence-electron chi connectivity index (χ4n) is 3.66. The summed E-state index contributed by atoms with van der Waals surface area (Å²) in [6.07, 6.45) is 0. The Hall–Kier alpha value is -3.34. The molecule has 1 amide bonds. The number of hydrogen-bond acceptors (Lipinski definition) is 5. The van der Waals surface area contributed by atoms with Crippen LogP contribution in [0.25, 0.3) is 10.2 Å². The first kappa shape index (κ1) is 24.8. The second-order valence-corrected chi connectivity index (χ2v) is 10.7. The number of nitrogens with zero attached hydrogens (tertiary/aromatic N) is 2. The van der Waals surface area contributed by atoms with Crippen LogP contribution in [0.4, 0.5) is 10.1 Å². The number of sulfonamides is 1. The number of fused-ring (bicyclic) bond motifs is 1. The number of carbonyl (C=O) groups excluding carboxylic acids is 1. The molecule has 0 bridgehead atoms. The number of methoxy groups -OCH3 is 1. The van der Waals surface area contributed by atoms with Gasteiger partial charge in [-0.05, 0) is 79.6 Å². The fraction of sp³-hybridized carbons (Fsp3) is 0.200. The lowest BCUT2D eigenvalue weighted by atomic mass is 10.1. The van der Waals surface area contributed by atoms with Gasteiger partial charge in [-0.3, -0.25) is 9.52 Å². The molecule has 0 saturated carbocycles. The minimum absolute atomic E-state index is 0.0649. The molecule has 0 aliphatic rings. The van der Waals surface area contributed by atoms with Crippen molar-refractivity contribution < 1.29 is 22.3 Å². The maximum atomic E-state index is 13.1. The molecule has 0 radical (unpaired) electrons. The van der Waals surface area contributed by atoms with Crippen LogP contribution in [-0.2, 0) is 21.3 Å². The minimum atomic E-state index is -3.89. The van der Waals surface area contributed by atoms with Gasteiger partial charge in [0, 0.05) is 24.9 Å². The first-order valence-electron chi connectivity index (χ1n) is 10.7. The average molecular weight is 514 g/mol. The van der Waals surface area contributed by atoms with E-state index in [-0.39, 0.29) is 10.6 Å². The van der Waals surface area contributed by atoms with Crippen LogP contribution < -0.4 is 9.52 Å². The molecule has 0 aliphatic carbocycles. The van der Waals surface area contributed by atoms with E-state index in [0.29, 0.717) is 23.5 Å². The molecule has 4 rings (SSSR count). The molecule has 0 fully saturated rings. The summed E-state index contributed by atoms with van der Waals surface area (Å²) in [4.78, 5) is 17.8. The van der Waals surface area contributed by atoms with Gasteiger partial charge in [-0.15, -0.1) is 0 Å². The van der Waals surface area contributed by atoms with E-state index < -0.39 is 21.7 Å². The van der Waals surface area contributed by atoms with E-state index in [2.05, 4.69) is 21.8 Å². The predicted octanol–water partition coefficient (Wildman–Crippen LogP) is 4.65. The molecule has 3 aromatic carbocycles. The lowest BCUT2D eigenvalue weighted by Gasteiger charge is -2.08. The Morgan fingerprint density at radius 2 is 1.77 bits per heavy atom. The predicted molar refractivity (Wildman–Crippen MR) is 135 cm³/mol. The average Bonchev–Trinajstić information content (AvgIpc) is 3.15. The molecule has 182 valence electrons. The molecule has 7 nitrogen and oxygen atoms in total. The molecule has 10 heteroatoms. The van der Waals surface area contributed by atoms with Gasteiger partial charge in [0.1, 0.15) is 5.82 Å². The fourth-order valence-corrected chi connectivity index (χ4v) is 5.82. The van der Waals surface area contributed by atoms with Crippen LogP contribution in [0.15, 0.2) is 70.6 Å². The molecule has 0 spiro atoms. The van der Waals surface area contributed by atoms with Crippen molar-refractivity contribution in [3.8, 4) is 0 Å². The Morgan fingerprint density at radius 3 is 2.43 bits per heavy atom. The number of aromatic nitrogens is 1. The summed E-state index contributed by atoms with van der Waals surface area (Å²) >= 11 is 1.44. The lowest BCUT2D eigenvalue weighted by Crippen LogP contribution is -2.19. The Balaban J connectivity index is 1.62. The highest BCUT2D eigenvalue weighted by molar-refractivity contribution is 7.92. The molecular formula is C25H24FN3O4S2. The number of aryl methyl sites for hydroxylation is 2. The molecule has 1 heterocycles. The summed E-state index contributed by atoms with van der Waals surface area (Å²) in [5.41, 5.74) is 3.83. The second-order valence-electron chi connectivity index (χ2n) is 8.01. The summed E-state index contributed by atoms with van der Waals surface area (Å²) in [6.45, 7) is 5.08. The van der Waals surface area contributed by atoms with Crippen LogP contribution >= 0.6 is 11.3 Å². The molecule has 35 heavy (non-hydrogen) atoms. The van der Waals surface area contributed by atoms with Gasteiger partial charge in [0.25, 0.3) is 15.9 Å². The number of nitrogens with one attached hydrogen (secondary N) is 1. The van der Waals surface area contributed by atoms with E-state index in [9.17, 15) is 17.6 Å². The monoisotopic (exact) mass is 513 g/mol. The number of rotatable bonds is 7. The molecule has 0 aliphatic heterocycles. The van der Waals surface area contributed by atoms with Crippen LogP contribution in [0.5, 0.6) is 0 Å². The van der Waals surface area contributed by atoms with E-state index in [1.54, 1.807) is 7.11 Å². The normalized spacial score (nSPS) is 12.3. The van der Waals surface area contributed by atoms with Crippen molar-refractivity contribution in [2.24, 2.45) is 4.99 Å². The lowest BCUT2D eigenvalue weighted by molar-refractivity contribution is 0.0997. The molecule has 1 aromatic heterocycles. The van der Waals surface area contributed by atoms with Gasteiger partial charge in [-0.2, -0.15) is 4.99 Å². The molecule has 0 saturated heterocycles. The van der Waals surface area contributed by atoms with Gasteiger partial charge in [-0.1, -0.05) is 17.4 Å². The molecule has 1 N–H and O–H groups in total. The van der Waals surface area contributed by atoms with Crippen LogP contribution in [0.2, 0.25) is 0 Å². The van der Waals surface area contributed by atoms with Gasteiger partial charge in [0.15, 0.2) is 4.80 Å². The Bertz CT molecular complexity index is 1560. The highest BCUT2D eigenvalue weighted by Gasteiger charge is 2.15. The Labute approximate surface area is 206 Å². The Kier molecular flexibility index (Phi) is 7.15. The number of halogens is 1. The Morgan fingerprint density at radius 1 is 1.09 bits per heavy atom. The zero-order chi connectivity index (χ0) is 25.2. The highest BCUT2D eigenvalue weighted by Crippen LogP contribution is 2.24. The van der Waals surface area contributed by atoms with Gasteiger partial charge >= 0.3 is 0 Å². The maximum absolute atomic E-state index is 13.1. The third-order valence-corrected chi connectivity index (χ3v) is 7.97. The number of carbonyl (C=O) groups is 1. The zero-order valence-corrected chi connectivity index (χ0v) is 21.0. The highest BCUT2D eigenvalue weighted by atomic mass is 32.2. The van der Waals surface area contributed by atoms with E-state index in [1.807, 2.05) is 18.4 Å². The summed E-state index contributed by atoms with van der Waals surface area (Å²) in [6, 6.07) is 14.7. The number of ether oxygens (including phenoxy) is 1. The van der Waals surface area contributed by atoms with Crippen molar-refractivity contribution in [3.63, 3.8) is 0 Å². The second kappa shape index (κ2) is 10.1. The topological polar surface area (TPSA) is 89.8 Å². The maximum Gasteiger partial charge on any atom is 0.279 e. The third kappa shape index (κ3) is 5.50. The molecule has 4 aromatic rings. The number of hydrogen-bond donors (Lipinski definition) is 1. The molecule has 0 atom stereocenters. The quantitative estimate of drug-likeness (QED) is 0.390. The van der Waals surface area contributed by atoms with Crippen molar-refractivity contribution in [1.82, 2.24) is 4.57 Å². The van der Waals surface area contributed by atoms with E-state index in [4.69, 9.17) is 4.74 Å². The van der Waals surface area contributed by atoms with Gasteiger partial charge < -0.3 is 9.30 Å². The van der Waals surface area contributed by atoms with Crippen LogP contribution in [-0.4, -0.2) is 32.6 Å². The number of thiazole rings is 1. The van der Waals surface area contributed by atoms with E-state index in [1.165, 1.54) is 47.7 Å². The summed E-state index contributed by atoms with van der Waals surface area (Å²) in [7, 11) is -2.26. The van der Waals surface area contributed by atoms with Crippen molar-refractivity contribution in [3.05, 3.63) is 88.0 Å². The third-order valence-electron chi connectivity index (χ3n) is 5.34. The zero-order valence-electron chi connectivity index (χ0n) is 19.4. The van der Waals surface area contributed by atoms with Crippen LogP contribution in [0.3, 0.4) is 0 Å². The van der Waals surface area contributed by atoms with Crippen LogP contribution in [0, 0.1) is 19.7 Å². The molecule has 0 unspecified atom stereocenters. The first-order chi connectivity index (χ1) is 16.7. The van der Waals surface area contributed by atoms with Crippen molar-refractivity contribution >= 4 is 43.2 Å². The van der Waals surface area contributed by atoms with Crippen molar-refractivity contribution in [2.75, 3.05) is 18.4 Å². The molecular weight excluding hydrogens is 489 g/mol. The van der Waals surface area contributed by atoms with E-state index in [0.717, 1.165) is 33.5 Å². The SMILES string of the molecule is COCCn1c(=NC(=O)c2ccc(NS(=O)(=O)c3ccc(F)cc3)cc2)sc2c(C)cc(C)cc21. The minimum Gasteiger partial charge on any atom is -0.383 e. The van der Waals surface area contributed by atoms with Gasteiger partial charge in [0.05, 0.1) is 21.7 Å². The first-order valence-corrected chi connectivity index (χ1v) is 13.0. The van der Waals surface area contributed by atoms with Crippen LogP contribution in [0.1, 0.15) is 21.5 Å². The number of benzene rings is 3. The summed E-state index contributed by atoms with van der Waals surface area (Å²) in [5, 5.41) is 0.